The lowest BCUT2D eigenvalue weighted by Gasteiger charge is -2.19. The summed E-state index contributed by atoms with van der Waals surface area (Å²) in [6.45, 7) is 11.1. The van der Waals surface area contributed by atoms with Gasteiger partial charge in [-0.3, -0.25) is 0 Å². The molecule has 18 heavy (non-hydrogen) atoms. The smallest absolute Gasteiger partial charge is 0.151 e. The van der Waals surface area contributed by atoms with Gasteiger partial charge in [0.2, 0.25) is 0 Å². The summed E-state index contributed by atoms with van der Waals surface area (Å²) in [5.41, 5.74) is 1.14. The van der Waals surface area contributed by atoms with Gasteiger partial charge in [0.25, 0.3) is 0 Å². The van der Waals surface area contributed by atoms with Crippen LogP contribution in [0.3, 0.4) is 0 Å². The Kier molecular flexibility index (Phi) is 3.54. The average molecular weight is 265 g/mol. The van der Waals surface area contributed by atoms with E-state index in [2.05, 4.69) is 36.3 Å². The second kappa shape index (κ2) is 4.82. The molecular formula is C13H19N3OS. The summed E-state index contributed by atoms with van der Waals surface area (Å²) in [6, 6.07) is 2.01. The molecule has 0 fully saturated rings. The number of hydrogen-bond acceptors (Lipinski definition) is 5. The van der Waals surface area contributed by atoms with Gasteiger partial charge in [-0.05, 0) is 40.7 Å². The third-order valence-corrected chi connectivity index (χ3v) is 3.46. The van der Waals surface area contributed by atoms with Crippen LogP contribution in [0.4, 0.5) is 0 Å². The monoisotopic (exact) mass is 265 g/mol. The number of nitrogens with one attached hydrogen (secondary N) is 1. The zero-order chi connectivity index (χ0) is 13.3. The minimum atomic E-state index is 0.0912. The third kappa shape index (κ3) is 3.17. The standard InChI is InChI=1S/C13H19N3OS/c1-8-6-10(9(2)17-8)12-16-15-11(18-12)7-14-13(3,4)5/h6,14H,7H2,1-5H3. The first-order valence-electron chi connectivity index (χ1n) is 6.00. The highest BCUT2D eigenvalue weighted by atomic mass is 32.1. The number of aryl methyl sites for hydroxylation is 2. The predicted molar refractivity (Wildman–Crippen MR) is 73.7 cm³/mol. The molecule has 1 N–H and O–H groups in total. The molecule has 5 heteroatoms. The van der Waals surface area contributed by atoms with E-state index in [9.17, 15) is 0 Å². The Morgan fingerprint density at radius 1 is 1.28 bits per heavy atom. The SMILES string of the molecule is Cc1cc(-c2nnc(CNC(C)(C)C)s2)c(C)o1. The van der Waals surface area contributed by atoms with Crippen molar-refractivity contribution in [2.45, 2.75) is 46.7 Å². The van der Waals surface area contributed by atoms with Crippen LogP contribution < -0.4 is 5.32 Å². The minimum absolute atomic E-state index is 0.0912. The summed E-state index contributed by atoms with van der Waals surface area (Å²) in [5.74, 6) is 1.81. The van der Waals surface area contributed by atoms with Crippen molar-refractivity contribution in [3.63, 3.8) is 0 Å². The maximum Gasteiger partial charge on any atom is 0.151 e. The Morgan fingerprint density at radius 2 is 2.00 bits per heavy atom. The first-order valence-corrected chi connectivity index (χ1v) is 6.81. The fourth-order valence-electron chi connectivity index (χ4n) is 1.62. The minimum Gasteiger partial charge on any atom is -0.466 e. The summed E-state index contributed by atoms with van der Waals surface area (Å²) < 4.78 is 5.52. The number of nitrogens with zero attached hydrogens (tertiary/aromatic N) is 2. The first kappa shape index (κ1) is 13.2. The van der Waals surface area contributed by atoms with Gasteiger partial charge in [-0.1, -0.05) is 11.3 Å². The van der Waals surface area contributed by atoms with Gasteiger partial charge in [-0.25, -0.2) is 0 Å². The molecule has 2 aromatic rings. The quantitative estimate of drug-likeness (QED) is 0.925. The van der Waals surface area contributed by atoms with Crippen molar-refractivity contribution in [3.8, 4) is 10.6 Å². The predicted octanol–water partition coefficient (Wildman–Crippen LogP) is 3.30. The summed E-state index contributed by atoms with van der Waals surface area (Å²) >= 11 is 1.61. The van der Waals surface area contributed by atoms with E-state index in [1.54, 1.807) is 11.3 Å². The van der Waals surface area contributed by atoms with Crippen LogP contribution in [0.25, 0.3) is 10.6 Å². The molecule has 0 aliphatic rings. The molecule has 0 saturated heterocycles. The molecular weight excluding hydrogens is 246 g/mol. The maximum atomic E-state index is 5.52. The number of furan rings is 1. The molecule has 0 unspecified atom stereocenters. The van der Waals surface area contributed by atoms with E-state index < -0.39 is 0 Å². The largest absolute Gasteiger partial charge is 0.466 e. The molecule has 0 radical (unpaired) electrons. The van der Waals surface area contributed by atoms with Crippen LogP contribution in [-0.2, 0) is 6.54 Å². The Labute approximate surface area is 111 Å². The van der Waals surface area contributed by atoms with E-state index in [0.717, 1.165) is 33.6 Å². The molecule has 0 amide bonds. The lowest BCUT2D eigenvalue weighted by Crippen LogP contribution is -2.35. The highest BCUT2D eigenvalue weighted by molar-refractivity contribution is 7.14. The van der Waals surface area contributed by atoms with Gasteiger partial charge < -0.3 is 9.73 Å². The van der Waals surface area contributed by atoms with Crippen molar-refractivity contribution in [3.05, 3.63) is 22.6 Å². The number of aromatic nitrogens is 2. The summed E-state index contributed by atoms with van der Waals surface area (Å²) in [7, 11) is 0. The van der Waals surface area contributed by atoms with Crippen LogP contribution in [0.15, 0.2) is 10.5 Å². The zero-order valence-corrected chi connectivity index (χ0v) is 12.3. The molecule has 0 saturated carbocycles. The van der Waals surface area contributed by atoms with E-state index in [0.29, 0.717) is 0 Å². The van der Waals surface area contributed by atoms with Gasteiger partial charge in [0.15, 0.2) is 5.01 Å². The van der Waals surface area contributed by atoms with E-state index in [1.165, 1.54) is 0 Å². The molecule has 0 atom stereocenters. The summed E-state index contributed by atoms with van der Waals surface area (Å²) in [5, 5.41) is 13.8. The fraction of sp³-hybridized carbons (Fsp3) is 0.538. The molecule has 2 rings (SSSR count). The van der Waals surface area contributed by atoms with Gasteiger partial charge >= 0.3 is 0 Å². The summed E-state index contributed by atoms with van der Waals surface area (Å²) in [4.78, 5) is 0. The number of rotatable bonds is 3. The van der Waals surface area contributed by atoms with Crippen LogP contribution in [0, 0.1) is 13.8 Å². The zero-order valence-electron chi connectivity index (χ0n) is 11.5. The fourth-order valence-corrected chi connectivity index (χ4v) is 2.46. The van der Waals surface area contributed by atoms with Crippen molar-refractivity contribution < 1.29 is 4.42 Å². The van der Waals surface area contributed by atoms with Crippen molar-refractivity contribution >= 4 is 11.3 Å². The van der Waals surface area contributed by atoms with Crippen molar-refractivity contribution in [2.75, 3.05) is 0 Å². The Hall–Kier alpha value is -1.20. The Bertz CT molecular complexity index is 537. The second-order valence-corrected chi connectivity index (χ2v) is 6.49. The highest BCUT2D eigenvalue weighted by Gasteiger charge is 2.14. The summed E-state index contributed by atoms with van der Waals surface area (Å²) in [6.07, 6.45) is 0. The van der Waals surface area contributed by atoms with Crippen molar-refractivity contribution in [1.29, 1.82) is 0 Å². The van der Waals surface area contributed by atoms with E-state index >= 15 is 0 Å². The lowest BCUT2D eigenvalue weighted by molar-refractivity contribution is 0.423. The third-order valence-electron chi connectivity index (χ3n) is 2.51. The van der Waals surface area contributed by atoms with Crippen LogP contribution in [0.2, 0.25) is 0 Å². The lowest BCUT2D eigenvalue weighted by atomic mass is 10.1. The normalized spacial score (nSPS) is 12.1. The molecule has 0 aliphatic carbocycles. The van der Waals surface area contributed by atoms with Gasteiger partial charge in [0.05, 0.1) is 12.1 Å². The number of hydrogen-bond donors (Lipinski definition) is 1. The molecule has 98 valence electrons. The van der Waals surface area contributed by atoms with Gasteiger partial charge in [0.1, 0.15) is 16.5 Å². The topological polar surface area (TPSA) is 51.0 Å². The van der Waals surface area contributed by atoms with Gasteiger partial charge in [-0.2, -0.15) is 0 Å². The van der Waals surface area contributed by atoms with Crippen LogP contribution >= 0.6 is 11.3 Å². The Balaban J connectivity index is 2.13. The molecule has 0 spiro atoms. The first-order chi connectivity index (χ1) is 8.35. The van der Waals surface area contributed by atoms with Crippen molar-refractivity contribution in [1.82, 2.24) is 15.5 Å². The molecule has 2 aromatic heterocycles. The maximum absolute atomic E-state index is 5.52. The van der Waals surface area contributed by atoms with E-state index in [4.69, 9.17) is 4.42 Å². The van der Waals surface area contributed by atoms with Crippen LogP contribution in [-0.4, -0.2) is 15.7 Å². The van der Waals surface area contributed by atoms with Gasteiger partial charge in [-0.15, -0.1) is 10.2 Å². The van der Waals surface area contributed by atoms with Crippen LogP contribution in [0.1, 0.15) is 37.3 Å². The average Bonchev–Trinajstić information content (AvgIpc) is 2.81. The molecule has 0 bridgehead atoms. The van der Waals surface area contributed by atoms with E-state index in [-0.39, 0.29) is 5.54 Å². The second-order valence-electron chi connectivity index (χ2n) is 5.43. The van der Waals surface area contributed by atoms with Gasteiger partial charge in [0, 0.05) is 5.54 Å². The molecule has 2 heterocycles. The molecule has 0 aromatic carbocycles. The van der Waals surface area contributed by atoms with E-state index in [1.807, 2.05) is 19.9 Å². The van der Waals surface area contributed by atoms with Crippen LogP contribution in [0.5, 0.6) is 0 Å². The molecule has 0 aliphatic heterocycles. The Morgan fingerprint density at radius 3 is 2.56 bits per heavy atom. The molecule has 4 nitrogen and oxygen atoms in total. The van der Waals surface area contributed by atoms with Crippen molar-refractivity contribution in [2.24, 2.45) is 0 Å². The highest BCUT2D eigenvalue weighted by Crippen LogP contribution is 2.29.